The molecule has 0 saturated heterocycles. The number of aryl methyl sites for hydroxylation is 1. The van der Waals surface area contributed by atoms with Crippen molar-refractivity contribution in [2.24, 2.45) is 7.05 Å². The molecule has 0 fully saturated rings. The van der Waals surface area contributed by atoms with Crippen LogP contribution < -0.4 is 11.1 Å². The molecule has 6 nitrogen and oxygen atoms in total. The number of H-pyrrole nitrogens is 1. The minimum Gasteiger partial charge on any atom is -0.392 e. The highest BCUT2D eigenvalue weighted by atomic mass is 79.9. The third-order valence-corrected chi connectivity index (χ3v) is 4.37. The van der Waals surface area contributed by atoms with Gasteiger partial charge in [0, 0.05) is 16.4 Å². The summed E-state index contributed by atoms with van der Waals surface area (Å²) in [6.45, 7) is -0.0427. The van der Waals surface area contributed by atoms with E-state index in [9.17, 15) is 9.59 Å². The number of halogens is 1. The molecule has 2 aromatic rings. The van der Waals surface area contributed by atoms with Gasteiger partial charge in [-0.15, -0.1) is 0 Å². The van der Waals surface area contributed by atoms with E-state index in [-0.39, 0.29) is 6.61 Å². The summed E-state index contributed by atoms with van der Waals surface area (Å²) in [6.07, 6.45) is 0. The molecule has 19 heavy (non-hydrogen) atoms. The highest BCUT2D eigenvalue weighted by molar-refractivity contribution is 9.10. The molecule has 1 aromatic carbocycles. The maximum absolute atomic E-state index is 11.2. The van der Waals surface area contributed by atoms with Crippen LogP contribution in [0.3, 0.4) is 0 Å². The number of aliphatic hydroxyl groups excluding tert-OH is 1. The Hall–Kier alpha value is -1.38. The predicted molar refractivity (Wildman–Crippen MR) is 74.3 cm³/mol. The molecule has 0 spiro atoms. The van der Waals surface area contributed by atoms with Crippen LogP contribution in [0, 0.1) is 0 Å². The fourth-order valence-corrected chi connectivity index (χ4v) is 2.85. The number of benzene rings is 1. The van der Waals surface area contributed by atoms with Crippen LogP contribution in [0.15, 0.2) is 42.3 Å². The van der Waals surface area contributed by atoms with Crippen LogP contribution in [0.25, 0.3) is 0 Å². The van der Waals surface area contributed by atoms with Crippen molar-refractivity contribution >= 4 is 27.7 Å². The van der Waals surface area contributed by atoms with Gasteiger partial charge in [0.2, 0.25) is 0 Å². The second-order valence-corrected chi connectivity index (χ2v) is 5.59. The molecule has 0 aliphatic rings. The van der Waals surface area contributed by atoms with E-state index in [1.54, 1.807) is 25.2 Å². The van der Waals surface area contributed by atoms with Crippen LogP contribution in [0.4, 0.5) is 0 Å². The van der Waals surface area contributed by atoms with Gasteiger partial charge < -0.3 is 5.11 Å². The van der Waals surface area contributed by atoms with Gasteiger partial charge in [0.1, 0.15) is 0 Å². The number of nitrogens with zero attached hydrogens (tertiary/aromatic N) is 2. The van der Waals surface area contributed by atoms with E-state index >= 15 is 0 Å². The molecule has 100 valence electrons. The lowest BCUT2D eigenvalue weighted by molar-refractivity contribution is 0.281. The normalized spacial score (nSPS) is 10.7. The lowest BCUT2D eigenvalue weighted by Crippen LogP contribution is -2.33. The van der Waals surface area contributed by atoms with E-state index in [2.05, 4.69) is 26.0 Å². The van der Waals surface area contributed by atoms with Gasteiger partial charge in [0.25, 0.3) is 0 Å². The van der Waals surface area contributed by atoms with E-state index in [1.807, 2.05) is 0 Å². The molecule has 0 amide bonds. The largest absolute Gasteiger partial charge is 0.392 e. The molecule has 0 unspecified atom stereocenters. The van der Waals surface area contributed by atoms with Gasteiger partial charge in [-0.2, -0.15) is 4.98 Å². The molecule has 0 saturated carbocycles. The van der Waals surface area contributed by atoms with Gasteiger partial charge in [-0.1, -0.05) is 6.07 Å². The molecule has 1 aromatic heterocycles. The first-order valence-corrected chi connectivity index (χ1v) is 6.86. The molecule has 1 heterocycles. The summed E-state index contributed by atoms with van der Waals surface area (Å²) < 4.78 is 2.17. The number of rotatable bonds is 3. The molecule has 2 rings (SSSR count). The van der Waals surface area contributed by atoms with E-state index in [0.29, 0.717) is 5.16 Å². The predicted octanol–water partition coefficient (Wildman–Crippen LogP) is 0.875. The Balaban J connectivity index is 2.39. The zero-order valence-corrected chi connectivity index (χ0v) is 12.3. The Bertz CT molecular complexity index is 726. The van der Waals surface area contributed by atoms with Gasteiger partial charge in [0.15, 0.2) is 5.16 Å². The van der Waals surface area contributed by atoms with Crippen LogP contribution in [-0.4, -0.2) is 19.9 Å². The third-order valence-electron chi connectivity index (χ3n) is 2.33. The third kappa shape index (κ3) is 3.14. The van der Waals surface area contributed by atoms with Gasteiger partial charge in [-0.05, 0) is 45.4 Å². The first-order valence-electron chi connectivity index (χ1n) is 5.25. The maximum atomic E-state index is 11.2. The van der Waals surface area contributed by atoms with Crippen LogP contribution in [0.1, 0.15) is 5.56 Å². The Morgan fingerprint density at radius 1 is 1.47 bits per heavy atom. The van der Waals surface area contributed by atoms with E-state index in [0.717, 1.165) is 14.9 Å². The van der Waals surface area contributed by atoms with Crippen molar-refractivity contribution in [3.63, 3.8) is 0 Å². The molecule has 8 heteroatoms. The zero-order chi connectivity index (χ0) is 14.0. The summed E-state index contributed by atoms with van der Waals surface area (Å²) >= 11 is 4.62. The molecular formula is C11H10BrN3O3S. The second kappa shape index (κ2) is 5.72. The van der Waals surface area contributed by atoms with E-state index < -0.39 is 11.1 Å². The molecule has 0 aliphatic heterocycles. The summed E-state index contributed by atoms with van der Waals surface area (Å²) in [7, 11) is 1.60. The van der Waals surface area contributed by atoms with Gasteiger partial charge in [-0.3, -0.25) is 19.4 Å². The van der Waals surface area contributed by atoms with Gasteiger partial charge >= 0.3 is 11.1 Å². The lowest BCUT2D eigenvalue weighted by Gasteiger charge is -2.08. The first-order chi connectivity index (χ1) is 9.01. The van der Waals surface area contributed by atoms with E-state index in [1.165, 1.54) is 16.4 Å². The van der Waals surface area contributed by atoms with Gasteiger partial charge in [-0.25, -0.2) is 0 Å². The number of hydrogen-bond acceptors (Lipinski definition) is 5. The maximum Gasteiger partial charge on any atom is 0.339 e. The number of hydrogen-bond donors (Lipinski definition) is 2. The highest BCUT2D eigenvalue weighted by Gasteiger charge is 2.09. The van der Waals surface area contributed by atoms with Crippen molar-refractivity contribution in [2.75, 3.05) is 0 Å². The van der Waals surface area contributed by atoms with Crippen molar-refractivity contribution in [1.82, 2.24) is 14.8 Å². The monoisotopic (exact) mass is 343 g/mol. The second-order valence-electron chi connectivity index (χ2n) is 3.72. The van der Waals surface area contributed by atoms with Gasteiger partial charge in [0.05, 0.1) is 6.61 Å². The Morgan fingerprint density at radius 2 is 2.21 bits per heavy atom. The number of aromatic amines is 1. The first kappa shape index (κ1) is 14.0. The van der Waals surface area contributed by atoms with E-state index in [4.69, 9.17) is 5.11 Å². The molecule has 0 bridgehead atoms. The number of aliphatic hydroxyl groups is 1. The lowest BCUT2D eigenvalue weighted by atomic mass is 10.2. The highest BCUT2D eigenvalue weighted by Crippen LogP contribution is 2.32. The molecule has 0 aliphatic carbocycles. The number of aromatic nitrogens is 3. The van der Waals surface area contributed by atoms with Crippen LogP contribution >= 0.6 is 27.7 Å². The summed E-state index contributed by atoms with van der Waals surface area (Å²) in [5.41, 5.74) is -0.787. The summed E-state index contributed by atoms with van der Waals surface area (Å²) in [5.74, 6) is 0. The average Bonchev–Trinajstić information content (AvgIpc) is 2.38. The summed E-state index contributed by atoms with van der Waals surface area (Å²) in [5, 5.41) is 11.8. The molecule has 2 N–H and O–H groups in total. The Kier molecular flexibility index (Phi) is 4.23. The molecule has 0 radical (unpaired) electrons. The molecule has 0 atom stereocenters. The smallest absolute Gasteiger partial charge is 0.339 e. The van der Waals surface area contributed by atoms with Crippen molar-refractivity contribution < 1.29 is 5.11 Å². The fourth-order valence-electron chi connectivity index (χ4n) is 1.38. The van der Waals surface area contributed by atoms with Crippen LogP contribution in [-0.2, 0) is 13.7 Å². The van der Waals surface area contributed by atoms with Crippen molar-refractivity contribution in [3.8, 4) is 0 Å². The standard InChI is InChI=1S/C11H10BrN3O3S/c1-15-11(13-9(17)10(18)14-15)19-8-3-2-6(5-16)4-7(8)12/h2-4,16H,5H2,1H3,(H,14,18). The Morgan fingerprint density at radius 3 is 2.84 bits per heavy atom. The van der Waals surface area contributed by atoms with Crippen molar-refractivity contribution in [1.29, 1.82) is 0 Å². The minimum atomic E-state index is -0.816. The average molecular weight is 344 g/mol. The van der Waals surface area contributed by atoms with Crippen LogP contribution in [0.2, 0.25) is 0 Å². The zero-order valence-electron chi connectivity index (χ0n) is 9.88. The fraction of sp³-hybridized carbons (Fsp3) is 0.182. The summed E-state index contributed by atoms with van der Waals surface area (Å²) in [6, 6.07) is 5.36. The Labute approximate surface area is 120 Å². The SMILES string of the molecule is Cn1[nH]c(=O)c(=O)nc1Sc1ccc(CO)cc1Br. The molecular weight excluding hydrogens is 334 g/mol. The van der Waals surface area contributed by atoms with Crippen molar-refractivity contribution in [3.05, 3.63) is 48.9 Å². The quantitative estimate of drug-likeness (QED) is 0.807. The summed E-state index contributed by atoms with van der Waals surface area (Å²) in [4.78, 5) is 26.9. The topological polar surface area (TPSA) is 88.0 Å². The number of nitrogens with one attached hydrogen (secondary N) is 1. The van der Waals surface area contributed by atoms with Crippen LogP contribution in [0.5, 0.6) is 0 Å². The minimum absolute atomic E-state index is 0.0427. The van der Waals surface area contributed by atoms with Crippen molar-refractivity contribution in [2.45, 2.75) is 16.7 Å².